The van der Waals surface area contributed by atoms with Crippen molar-refractivity contribution in [1.29, 1.82) is 0 Å². The van der Waals surface area contributed by atoms with Gasteiger partial charge in [-0.25, -0.2) is 0 Å². The highest BCUT2D eigenvalue weighted by atomic mass is 35.5. The number of carbonyl (C=O) groups excluding carboxylic acids is 2. The molecule has 8 heteroatoms. The summed E-state index contributed by atoms with van der Waals surface area (Å²) in [5.74, 6) is 0.707. The number of hydrogen-bond donors (Lipinski definition) is 1. The third-order valence-corrected chi connectivity index (χ3v) is 9.59. The van der Waals surface area contributed by atoms with E-state index >= 15 is 0 Å². The summed E-state index contributed by atoms with van der Waals surface area (Å²) in [4.78, 5) is 29.5. The molecule has 6 nitrogen and oxygen atoms in total. The predicted octanol–water partition coefficient (Wildman–Crippen LogP) is 7.00. The highest BCUT2D eigenvalue weighted by Crippen LogP contribution is 2.38. The minimum absolute atomic E-state index is 0.0344. The van der Waals surface area contributed by atoms with E-state index in [4.69, 9.17) is 16.3 Å². The number of amides is 2. The zero-order valence-electron chi connectivity index (χ0n) is 23.0. The minimum Gasteiger partial charge on any atom is -0.496 e. The highest BCUT2D eigenvalue weighted by Gasteiger charge is 2.32. The SMILES string of the molecule is CNC1CCC(N(Cc2cc(-c3ccc(N(C)C=O)cc3)ccc2OC)C(=O)c2sc3ccccc3c2Cl)CC1. The Balaban J connectivity index is 1.50. The van der Waals surface area contributed by atoms with Crippen molar-refractivity contribution in [2.24, 2.45) is 0 Å². The second-order valence-corrected chi connectivity index (χ2v) is 11.7. The topological polar surface area (TPSA) is 61.9 Å². The van der Waals surface area contributed by atoms with Crippen molar-refractivity contribution in [2.45, 2.75) is 44.3 Å². The number of nitrogens with one attached hydrogen (secondary N) is 1. The van der Waals surface area contributed by atoms with Gasteiger partial charge in [-0.3, -0.25) is 9.59 Å². The Kier molecular flexibility index (Phi) is 8.74. The molecule has 0 radical (unpaired) electrons. The number of hydrogen-bond acceptors (Lipinski definition) is 5. The maximum Gasteiger partial charge on any atom is 0.266 e. The fraction of sp³-hybridized carbons (Fsp3) is 0.312. The summed E-state index contributed by atoms with van der Waals surface area (Å²) in [7, 11) is 5.40. The largest absolute Gasteiger partial charge is 0.496 e. The maximum atomic E-state index is 14.2. The van der Waals surface area contributed by atoms with Gasteiger partial charge in [0.15, 0.2) is 0 Å². The monoisotopic (exact) mass is 575 g/mol. The van der Waals surface area contributed by atoms with Gasteiger partial charge in [-0.15, -0.1) is 11.3 Å². The Morgan fingerprint density at radius 2 is 1.75 bits per heavy atom. The fourth-order valence-electron chi connectivity index (χ4n) is 5.54. The number of rotatable bonds is 9. The number of carbonyl (C=O) groups is 2. The van der Waals surface area contributed by atoms with Crippen molar-refractivity contribution in [1.82, 2.24) is 10.2 Å². The summed E-state index contributed by atoms with van der Waals surface area (Å²) in [6.45, 7) is 0.418. The van der Waals surface area contributed by atoms with Gasteiger partial charge in [0.25, 0.3) is 5.91 Å². The molecule has 5 rings (SSSR count). The van der Waals surface area contributed by atoms with Crippen molar-refractivity contribution in [3.8, 4) is 16.9 Å². The Hall–Kier alpha value is -3.39. The number of methoxy groups -OCH3 is 1. The molecule has 0 bridgehead atoms. The summed E-state index contributed by atoms with van der Waals surface area (Å²) >= 11 is 8.26. The van der Waals surface area contributed by atoms with Crippen molar-refractivity contribution in [2.75, 3.05) is 26.1 Å². The first-order valence-corrected chi connectivity index (χ1v) is 14.7. The van der Waals surface area contributed by atoms with Gasteiger partial charge < -0.3 is 19.9 Å². The third kappa shape index (κ3) is 5.73. The van der Waals surface area contributed by atoms with Crippen LogP contribution in [-0.2, 0) is 11.3 Å². The van der Waals surface area contributed by atoms with Crippen LogP contribution in [0.3, 0.4) is 0 Å². The molecule has 2 amide bonds. The van der Waals surface area contributed by atoms with Gasteiger partial charge in [-0.1, -0.05) is 48.0 Å². The second kappa shape index (κ2) is 12.4. The number of ether oxygens (including phenoxy) is 1. The van der Waals surface area contributed by atoms with Crippen molar-refractivity contribution in [3.63, 3.8) is 0 Å². The van der Waals surface area contributed by atoms with Crippen LogP contribution in [0.5, 0.6) is 5.75 Å². The maximum absolute atomic E-state index is 14.2. The van der Waals surface area contributed by atoms with Crippen LogP contribution < -0.4 is 15.0 Å². The number of anilines is 1. The standard InChI is InChI=1S/C32H34ClN3O3S/c1-34-24-11-15-26(16-12-24)36(32(38)31-30(33)27-6-4-5-7-29(27)40-31)19-23-18-22(10-17-28(23)39-3)21-8-13-25(14-9-21)35(2)20-37/h4-10,13-14,17-18,20,24,26,34H,11-12,15-16,19H2,1-3H3. The molecule has 1 fully saturated rings. The molecule has 0 atom stereocenters. The minimum atomic E-state index is -0.0344. The zero-order valence-corrected chi connectivity index (χ0v) is 24.6. The summed E-state index contributed by atoms with van der Waals surface area (Å²) in [6.07, 6.45) is 4.67. The van der Waals surface area contributed by atoms with E-state index in [-0.39, 0.29) is 11.9 Å². The molecule has 40 heavy (non-hydrogen) atoms. The first-order chi connectivity index (χ1) is 19.4. The van der Waals surface area contributed by atoms with E-state index in [1.54, 1.807) is 14.2 Å². The Labute approximate surface area is 244 Å². The van der Waals surface area contributed by atoms with Crippen LogP contribution in [-0.4, -0.2) is 50.5 Å². The van der Waals surface area contributed by atoms with Crippen LogP contribution in [0.4, 0.5) is 5.69 Å². The summed E-state index contributed by atoms with van der Waals surface area (Å²) in [6, 6.07) is 22.4. The van der Waals surface area contributed by atoms with Crippen LogP contribution in [0.15, 0.2) is 66.7 Å². The van der Waals surface area contributed by atoms with Crippen LogP contribution >= 0.6 is 22.9 Å². The number of fused-ring (bicyclic) bond motifs is 1. The normalized spacial score (nSPS) is 17.0. The molecular weight excluding hydrogens is 542 g/mol. The molecule has 1 aliphatic rings. The van der Waals surface area contributed by atoms with Crippen molar-refractivity contribution < 1.29 is 14.3 Å². The van der Waals surface area contributed by atoms with Gasteiger partial charge in [0.2, 0.25) is 6.41 Å². The van der Waals surface area contributed by atoms with Gasteiger partial charge in [-0.05, 0) is 74.2 Å². The average Bonchev–Trinajstić information content (AvgIpc) is 3.35. The Bertz CT molecular complexity index is 1500. The lowest BCUT2D eigenvalue weighted by molar-refractivity contribution is -0.107. The summed E-state index contributed by atoms with van der Waals surface area (Å²) < 4.78 is 6.78. The molecule has 208 valence electrons. The second-order valence-electron chi connectivity index (χ2n) is 10.3. The molecule has 1 N–H and O–H groups in total. The number of nitrogens with zero attached hydrogens (tertiary/aromatic N) is 2. The molecule has 1 aromatic heterocycles. The summed E-state index contributed by atoms with van der Waals surface area (Å²) in [5.41, 5.74) is 3.80. The lowest BCUT2D eigenvalue weighted by Gasteiger charge is -2.37. The van der Waals surface area contributed by atoms with E-state index in [0.717, 1.165) is 70.3 Å². The van der Waals surface area contributed by atoms with E-state index in [1.807, 2.05) is 72.6 Å². The molecule has 0 saturated heterocycles. The van der Waals surface area contributed by atoms with Crippen LogP contribution in [0, 0.1) is 0 Å². The van der Waals surface area contributed by atoms with Gasteiger partial charge in [0.05, 0.1) is 12.1 Å². The van der Waals surface area contributed by atoms with Crippen molar-refractivity contribution >= 4 is 51.0 Å². The Morgan fingerprint density at radius 3 is 2.40 bits per heavy atom. The smallest absolute Gasteiger partial charge is 0.266 e. The molecule has 0 spiro atoms. The highest BCUT2D eigenvalue weighted by molar-refractivity contribution is 7.21. The van der Waals surface area contributed by atoms with Crippen LogP contribution in [0.25, 0.3) is 21.2 Å². The van der Waals surface area contributed by atoms with E-state index in [9.17, 15) is 9.59 Å². The van der Waals surface area contributed by atoms with Crippen LogP contribution in [0.1, 0.15) is 40.9 Å². The van der Waals surface area contributed by atoms with Gasteiger partial charge in [0.1, 0.15) is 10.6 Å². The molecule has 0 unspecified atom stereocenters. The van der Waals surface area contributed by atoms with Crippen LogP contribution in [0.2, 0.25) is 5.02 Å². The number of benzene rings is 3. The zero-order chi connectivity index (χ0) is 28.2. The van der Waals surface area contributed by atoms with Gasteiger partial charge in [-0.2, -0.15) is 0 Å². The van der Waals surface area contributed by atoms with E-state index in [1.165, 1.54) is 16.2 Å². The van der Waals surface area contributed by atoms with E-state index in [2.05, 4.69) is 11.4 Å². The van der Waals surface area contributed by atoms with Gasteiger partial charge >= 0.3 is 0 Å². The predicted molar refractivity (Wildman–Crippen MR) is 165 cm³/mol. The third-order valence-electron chi connectivity index (χ3n) is 7.92. The molecule has 1 heterocycles. The Morgan fingerprint density at radius 1 is 1.05 bits per heavy atom. The number of thiophene rings is 1. The molecule has 1 saturated carbocycles. The first kappa shape index (κ1) is 28.1. The fourth-order valence-corrected chi connectivity index (χ4v) is 7.01. The summed E-state index contributed by atoms with van der Waals surface area (Å²) in [5, 5.41) is 4.84. The van der Waals surface area contributed by atoms with Gasteiger partial charge in [0, 0.05) is 47.0 Å². The first-order valence-electron chi connectivity index (χ1n) is 13.5. The molecule has 4 aromatic rings. The molecule has 3 aromatic carbocycles. The molecule has 0 aliphatic heterocycles. The lowest BCUT2D eigenvalue weighted by atomic mass is 9.89. The van der Waals surface area contributed by atoms with Crippen molar-refractivity contribution in [3.05, 3.63) is 82.2 Å². The average molecular weight is 576 g/mol. The van der Waals surface area contributed by atoms with E-state index < -0.39 is 0 Å². The number of halogens is 1. The molecular formula is C32H34ClN3O3S. The van der Waals surface area contributed by atoms with E-state index in [0.29, 0.717) is 22.5 Å². The quantitative estimate of drug-likeness (QED) is 0.218. The lowest BCUT2D eigenvalue weighted by Crippen LogP contribution is -2.44. The molecule has 1 aliphatic carbocycles.